The van der Waals surface area contributed by atoms with Gasteiger partial charge in [0.15, 0.2) is 0 Å². The summed E-state index contributed by atoms with van der Waals surface area (Å²) in [6.45, 7) is 8.48. The normalized spacial score (nSPS) is 12.8. The van der Waals surface area contributed by atoms with Gasteiger partial charge in [-0.05, 0) is 51.3 Å². The van der Waals surface area contributed by atoms with Crippen LogP contribution in [0.5, 0.6) is 0 Å². The van der Waals surface area contributed by atoms with Crippen LogP contribution in [0.1, 0.15) is 45.2 Å². The first kappa shape index (κ1) is 13.8. The Balaban J connectivity index is 2.71. The Hall–Kier alpha value is -1.26. The van der Waals surface area contributed by atoms with E-state index in [4.69, 9.17) is 5.73 Å². The topological polar surface area (TPSA) is 26.0 Å². The molecule has 0 saturated heterocycles. The second-order valence-corrected chi connectivity index (χ2v) is 5.57. The quantitative estimate of drug-likeness (QED) is 0.790. The molecular formula is C16H23N. The maximum Gasteiger partial charge on any atom is 0.0245 e. The highest BCUT2D eigenvalue weighted by molar-refractivity contribution is 5.37. The number of hydrogen-bond donors (Lipinski definition) is 1. The van der Waals surface area contributed by atoms with E-state index in [-0.39, 0.29) is 11.5 Å². The molecule has 1 aromatic rings. The van der Waals surface area contributed by atoms with Crippen molar-refractivity contribution >= 4 is 0 Å². The van der Waals surface area contributed by atoms with E-state index in [1.54, 1.807) is 0 Å². The van der Waals surface area contributed by atoms with Gasteiger partial charge < -0.3 is 5.73 Å². The summed E-state index contributed by atoms with van der Waals surface area (Å²) in [5, 5.41) is 0. The average Bonchev–Trinajstić information content (AvgIpc) is 2.27. The van der Waals surface area contributed by atoms with Gasteiger partial charge in [-0.25, -0.2) is 0 Å². The maximum absolute atomic E-state index is 5.93. The van der Waals surface area contributed by atoms with Crippen LogP contribution in [0.15, 0.2) is 24.3 Å². The Bertz CT molecular complexity index is 398. The molecular weight excluding hydrogens is 206 g/mol. The van der Waals surface area contributed by atoms with Gasteiger partial charge in [0.1, 0.15) is 0 Å². The summed E-state index contributed by atoms with van der Waals surface area (Å²) in [6.07, 6.45) is 1.97. The molecule has 0 aliphatic heterocycles. The van der Waals surface area contributed by atoms with Gasteiger partial charge in [0.05, 0.1) is 0 Å². The Morgan fingerprint density at radius 2 is 1.76 bits per heavy atom. The van der Waals surface area contributed by atoms with Crippen molar-refractivity contribution in [1.82, 2.24) is 0 Å². The highest BCUT2D eigenvalue weighted by Crippen LogP contribution is 2.11. The van der Waals surface area contributed by atoms with Crippen molar-refractivity contribution in [3.8, 4) is 11.8 Å². The van der Waals surface area contributed by atoms with Crippen LogP contribution in [0.2, 0.25) is 0 Å². The zero-order chi connectivity index (χ0) is 12.9. The fraction of sp³-hybridized carbons (Fsp3) is 0.500. The van der Waals surface area contributed by atoms with Crippen LogP contribution in [0, 0.1) is 17.3 Å². The molecule has 1 aromatic carbocycles. The van der Waals surface area contributed by atoms with Crippen LogP contribution >= 0.6 is 0 Å². The van der Waals surface area contributed by atoms with E-state index in [0.717, 1.165) is 18.4 Å². The third-order valence-electron chi connectivity index (χ3n) is 2.56. The van der Waals surface area contributed by atoms with Crippen LogP contribution < -0.4 is 5.73 Å². The summed E-state index contributed by atoms with van der Waals surface area (Å²) >= 11 is 0. The first-order chi connectivity index (χ1) is 7.90. The van der Waals surface area contributed by atoms with Crippen LogP contribution in [0.3, 0.4) is 0 Å². The molecule has 1 atom stereocenters. The Labute approximate surface area is 105 Å². The minimum atomic E-state index is 0.0588. The minimum absolute atomic E-state index is 0.0588. The molecule has 0 amide bonds. The average molecular weight is 229 g/mol. The Morgan fingerprint density at radius 1 is 1.18 bits per heavy atom. The SMILES string of the molecule is CCC(N)Cc1ccc(C#CC(C)(C)C)cc1. The molecule has 1 heteroatoms. The standard InChI is InChI=1S/C16H23N/c1-5-15(17)12-14-8-6-13(7-9-14)10-11-16(2,3)4/h6-9,15H,5,12,17H2,1-4H3. The van der Waals surface area contributed by atoms with Gasteiger partial charge >= 0.3 is 0 Å². The molecule has 0 aromatic heterocycles. The van der Waals surface area contributed by atoms with Gasteiger partial charge in [-0.15, -0.1) is 0 Å². The van der Waals surface area contributed by atoms with E-state index >= 15 is 0 Å². The van der Waals surface area contributed by atoms with Crippen molar-refractivity contribution in [1.29, 1.82) is 0 Å². The summed E-state index contributed by atoms with van der Waals surface area (Å²) < 4.78 is 0. The van der Waals surface area contributed by atoms with Crippen molar-refractivity contribution in [2.45, 2.75) is 46.6 Å². The van der Waals surface area contributed by atoms with E-state index in [2.05, 4.69) is 63.8 Å². The zero-order valence-corrected chi connectivity index (χ0v) is 11.4. The highest BCUT2D eigenvalue weighted by atomic mass is 14.6. The van der Waals surface area contributed by atoms with Crippen LogP contribution in [-0.2, 0) is 6.42 Å². The van der Waals surface area contributed by atoms with Crippen molar-refractivity contribution in [2.24, 2.45) is 11.1 Å². The van der Waals surface area contributed by atoms with Gasteiger partial charge in [-0.3, -0.25) is 0 Å². The van der Waals surface area contributed by atoms with Gasteiger partial charge in [0, 0.05) is 17.0 Å². The number of hydrogen-bond acceptors (Lipinski definition) is 1. The smallest absolute Gasteiger partial charge is 0.0245 e. The largest absolute Gasteiger partial charge is 0.327 e. The number of nitrogens with two attached hydrogens (primary N) is 1. The second-order valence-electron chi connectivity index (χ2n) is 5.57. The summed E-state index contributed by atoms with van der Waals surface area (Å²) in [4.78, 5) is 0. The molecule has 17 heavy (non-hydrogen) atoms. The van der Waals surface area contributed by atoms with Crippen molar-refractivity contribution in [3.05, 3.63) is 35.4 Å². The van der Waals surface area contributed by atoms with Crippen molar-refractivity contribution < 1.29 is 0 Å². The first-order valence-electron chi connectivity index (χ1n) is 6.28. The second kappa shape index (κ2) is 5.89. The summed E-state index contributed by atoms with van der Waals surface area (Å²) in [5.74, 6) is 6.43. The van der Waals surface area contributed by atoms with Crippen molar-refractivity contribution in [2.75, 3.05) is 0 Å². The van der Waals surface area contributed by atoms with E-state index in [0.29, 0.717) is 0 Å². The molecule has 0 spiro atoms. The lowest BCUT2D eigenvalue weighted by atomic mass is 9.97. The molecule has 0 heterocycles. The molecule has 0 radical (unpaired) electrons. The monoisotopic (exact) mass is 229 g/mol. The molecule has 1 nitrogen and oxygen atoms in total. The van der Waals surface area contributed by atoms with E-state index in [1.807, 2.05) is 0 Å². The van der Waals surface area contributed by atoms with Crippen LogP contribution in [0.25, 0.3) is 0 Å². The van der Waals surface area contributed by atoms with Crippen molar-refractivity contribution in [3.63, 3.8) is 0 Å². The van der Waals surface area contributed by atoms with Gasteiger partial charge in [0.2, 0.25) is 0 Å². The molecule has 2 N–H and O–H groups in total. The summed E-state index contributed by atoms with van der Waals surface area (Å²) in [5.41, 5.74) is 8.36. The molecule has 0 aliphatic carbocycles. The fourth-order valence-electron chi connectivity index (χ4n) is 1.43. The van der Waals surface area contributed by atoms with Gasteiger partial charge in [-0.1, -0.05) is 30.9 Å². The fourth-order valence-corrected chi connectivity index (χ4v) is 1.43. The van der Waals surface area contributed by atoms with Crippen LogP contribution in [0.4, 0.5) is 0 Å². The maximum atomic E-state index is 5.93. The van der Waals surface area contributed by atoms with E-state index < -0.39 is 0 Å². The molecule has 0 fully saturated rings. The Morgan fingerprint density at radius 3 is 2.24 bits per heavy atom. The molecule has 1 rings (SSSR count). The first-order valence-corrected chi connectivity index (χ1v) is 6.28. The zero-order valence-electron chi connectivity index (χ0n) is 11.4. The van der Waals surface area contributed by atoms with Gasteiger partial charge in [0.25, 0.3) is 0 Å². The minimum Gasteiger partial charge on any atom is -0.327 e. The Kier molecular flexibility index (Phi) is 4.78. The lowest BCUT2D eigenvalue weighted by Crippen LogP contribution is -2.21. The summed E-state index contributed by atoms with van der Waals surface area (Å²) in [7, 11) is 0. The molecule has 0 bridgehead atoms. The third-order valence-corrected chi connectivity index (χ3v) is 2.56. The molecule has 92 valence electrons. The highest BCUT2D eigenvalue weighted by Gasteiger charge is 2.04. The number of benzene rings is 1. The van der Waals surface area contributed by atoms with Gasteiger partial charge in [-0.2, -0.15) is 0 Å². The molecule has 0 aliphatic rings. The van der Waals surface area contributed by atoms with E-state index in [1.165, 1.54) is 5.56 Å². The predicted molar refractivity (Wildman–Crippen MR) is 74.7 cm³/mol. The number of rotatable bonds is 3. The van der Waals surface area contributed by atoms with E-state index in [9.17, 15) is 0 Å². The molecule has 0 saturated carbocycles. The lowest BCUT2D eigenvalue weighted by Gasteiger charge is -2.08. The summed E-state index contributed by atoms with van der Waals surface area (Å²) in [6, 6.07) is 8.68. The molecule has 1 unspecified atom stereocenters. The predicted octanol–water partition coefficient (Wildman–Crippen LogP) is 3.36. The van der Waals surface area contributed by atoms with Crippen LogP contribution in [-0.4, -0.2) is 6.04 Å². The third kappa shape index (κ3) is 5.56. The lowest BCUT2D eigenvalue weighted by molar-refractivity contribution is 0.571.